The standard InChI is InChI=1S/C29H21FN2O/c30-27-18-10-17-25(26(27)20-33)28-19-31-21-32(28)29(22-11-4-1-5-12-22,23-13-6-2-7-14-23)24-15-8-3-9-16-24/h1-21H. The van der Waals surface area contributed by atoms with E-state index in [9.17, 15) is 9.18 Å². The molecule has 0 aliphatic heterocycles. The number of hydrogen-bond donors (Lipinski definition) is 0. The van der Waals surface area contributed by atoms with Gasteiger partial charge in [-0.15, -0.1) is 0 Å². The molecular formula is C29H21FN2O. The van der Waals surface area contributed by atoms with Crippen LogP contribution in [0.5, 0.6) is 0 Å². The van der Waals surface area contributed by atoms with Crippen LogP contribution in [0.1, 0.15) is 27.0 Å². The summed E-state index contributed by atoms with van der Waals surface area (Å²) in [6, 6.07) is 35.1. The van der Waals surface area contributed by atoms with Gasteiger partial charge < -0.3 is 4.57 Å². The average Bonchev–Trinajstić information content (AvgIpc) is 3.36. The number of aromatic nitrogens is 2. The van der Waals surface area contributed by atoms with Crippen LogP contribution in [0.4, 0.5) is 4.39 Å². The van der Waals surface area contributed by atoms with E-state index in [-0.39, 0.29) is 5.56 Å². The molecule has 0 atom stereocenters. The van der Waals surface area contributed by atoms with E-state index < -0.39 is 11.4 Å². The summed E-state index contributed by atoms with van der Waals surface area (Å²) in [5, 5.41) is 0. The van der Waals surface area contributed by atoms with Crippen LogP contribution in [-0.4, -0.2) is 15.8 Å². The predicted octanol–water partition coefficient (Wildman–Crippen LogP) is 6.34. The number of rotatable bonds is 6. The van der Waals surface area contributed by atoms with Crippen LogP contribution in [0.3, 0.4) is 0 Å². The zero-order valence-electron chi connectivity index (χ0n) is 17.8. The molecule has 160 valence electrons. The predicted molar refractivity (Wildman–Crippen MR) is 128 cm³/mol. The summed E-state index contributed by atoms with van der Waals surface area (Å²) in [7, 11) is 0. The molecule has 0 N–H and O–H groups in total. The topological polar surface area (TPSA) is 34.9 Å². The Morgan fingerprint density at radius 1 is 0.697 bits per heavy atom. The SMILES string of the molecule is O=Cc1c(F)cccc1-c1cncn1C(c1ccccc1)(c1ccccc1)c1ccccc1. The van der Waals surface area contributed by atoms with Gasteiger partial charge in [0.25, 0.3) is 0 Å². The third-order valence-electron chi connectivity index (χ3n) is 6.02. The van der Waals surface area contributed by atoms with Crippen molar-refractivity contribution in [2.75, 3.05) is 0 Å². The lowest BCUT2D eigenvalue weighted by atomic mass is 9.76. The van der Waals surface area contributed by atoms with Crippen LogP contribution in [-0.2, 0) is 5.54 Å². The molecule has 0 aliphatic rings. The molecule has 0 aliphatic carbocycles. The van der Waals surface area contributed by atoms with E-state index in [0.717, 1.165) is 16.7 Å². The molecule has 0 radical (unpaired) electrons. The molecule has 4 heteroatoms. The Kier molecular flexibility index (Phi) is 5.41. The number of carbonyl (C=O) groups excluding carboxylic acids is 1. The highest BCUT2D eigenvalue weighted by Crippen LogP contribution is 2.43. The maximum absolute atomic E-state index is 14.6. The second-order valence-corrected chi connectivity index (χ2v) is 7.78. The van der Waals surface area contributed by atoms with E-state index >= 15 is 0 Å². The van der Waals surface area contributed by atoms with E-state index in [2.05, 4.69) is 41.4 Å². The zero-order valence-corrected chi connectivity index (χ0v) is 17.8. The number of nitrogens with zero attached hydrogens (tertiary/aromatic N) is 2. The summed E-state index contributed by atoms with van der Waals surface area (Å²) in [4.78, 5) is 16.3. The maximum atomic E-state index is 14.6. The summed E-state index contributed by atoms with van der Waals surface area (Å²) in [5.74, 6) is -0.556. The Bertz CT molecular complexity index is 1280. The molecule has 0 saturated carbocycles. The van der Waals surface area contributed by atoms with E-state index in [1.807, 2.05) is 59.2 Å². The van der Waals surface area contributed by atoms with Gasteiger partial charge in [-0.2, -0.15) is 0 Å². The molecule has 0 fully saturated rings. The summed E-state index contributed by atoms with van der Waals surface area (Å²) in [5.41, 5.74) is 3.41. The number of aldehydes is 1. The Hall–Kier alpha value is -4.31. The van der Waals surface area contributed by atoms with E-state index in [0.29, 0.717) is 17.5 Å². The molecule has 0 amide bonds. The highest BCUT2D eigenvalue weighted by atomic mass is 19.1. The van der Waals surface area contributed by atoms with Crippen LogP contribution in [0.2, 0.25) is 0 Å². The number of hydrogen-bond acceptors (Lipinski definition) is 2. The quantitative estimate of drug-likeness (QED) is 0.232. The van der Waals surface area contributed by atoms with Gasteiger partial charge in [0.2, 0.25) is 0 Å². The molecule has 0 spiro atoms. The smallest absolute Gasteiger partial charge is 0.153 e. The van der Waals surface area contributed by atoms with Gasteiger partial charge >= 0.3 is 0 Å². The van der Waals surface area contributed by atoms with Crippen LogP contribution in [0.15, 0.2) is 122 Å². The molecular weight excluding hydrogens is 411 g/mol. The lowest BCUT2D eigenvalue weighted by Crippen LogP contribution is -2.37. The monoisotopic (exact) mass is 432 g/mol. The van der Waals surface area contributed by atoms with Crippen molar-refractivity contribution in [1.29, 1.82) is 0 Å². The number of carbonyl (C=O) groups is 1. The van der Waals surface area contributed by atoms with Gasteiger partial charge in [0.15, 0.2) is 6.29 Å². The summed E-state index contributed by atoms with van der Waals surface area (Å²) in [6.07, 6.45) is 4.00. The van der Waals surface area contributed by atoms with Crippen LogP contribution >= 0.6 is 0 Å². The summed E-state index contributed by atoms with van der Waals surface area (Å²) >= 11 is 0. The van der Waals surface area contributed by atoms with Crippen molar-refractivity contribution in [2.45, 2.75) is 5.54 Å². The van der Waals surface area contributed by atoms with Gasteiger partial charge in [-0.1, -0.05) is 103 Å². The van der Waals surface area contributed by atoms with Crippen LogP contribution in [0, 0.1) is 5.82 Å². The minimum atomic E-state index is -0.803. The van der Waals surface area contributed by atoms with Gasteiger partial charge in [-0.25, -0.2) is 9.37 Å². The van der Waals surface area contributed by atoms with Crippen molar-refractivity contribution in [3.8, 4) is 11.3 Å². The Balaban J connectivity index is 1.92. The normalized spacial score (nSPS) is 11.3. The minimum absolute atomic E-state index is 0.0161. The van der Waals surface area contributed by atoms with Crippen LogP contribution < -0.4 is 0 Å². The second-order valence-electron chi connectivity index (χ2n) is 7.78. The summed E-state index contributed by atoms with van der Waals surface area (Å²) < 4.78 is 16.6. The van der Waals surface area contributed by atoms with Crippen molar-refractivity contribution in [2.24, 2.45) is 0 Å². The van der Waals surface area contributed by atoms with Gasteiger partial charge in [-0.3, -0.25) is 4.79 Å². The Morgan fingerprint density at radius 3 is 1.70 bits per heavy atom. The Morgan fingerprint density at radius 2 is 1.21 bits per heavy atom. The van der Waals surface area contributed by atoms with Crippen LogP contribution in [0.25, 0.3) is 11.3 Å². The van der Waals surface area contributed by atoms with E-state index in [1.165, 1.54) is 6.07 Å². The Labute approximate surface area is 191 Å². The van der Waals surface area contributed by atoms with Crippen molar-refractivity contribution in [3.63, 3.8) is 0 Å². The number of halogens is 1. The molecule has 5 rings (SSSR count). The first-order valence-electron chi connectivity index (χ1n) is 10.7. The summed E-state index contributed by atoms with van der Waals surface area (Å²) in [6.45, 7) is 0. The highest BCUT2D eigenvalue weighted by molar-refractivity contribution is 5.87. The average molecular weight is 432 g/mol. The van der Waals surface area contributed by atoms with Crippen molar-refractivity contribution >= 4 is 6.29 Å². The third kappa shape index (κ3) is 3.37. The molecule has 1 aromatic heterocycles. The minimum Gasteiger partial charge on any atom is -0.312 e. The van der Waals surface area contributed by atoms with Gasteiger partial charge in [0, 0.05) is 5.56 Å². The first-order chi connectivity index (χ1) is 16.3. The van der Waals surface area contributed by atoms with Crippen molar-refractivity contribution in [3.05, 3.63) is 150 Å². The van der Waals surface area contributed by atoms with Gasteiger partial charge in [0.05, 0.1) is 23.8 Å². The molecule has 0 saturated heterocycles. The van der Waals surface area contributed by atoms with Gasteiger partial charge in [-0.05, 0) is 22.8 Å². The number of benzene rings is 4. The fourth-order valence-corrected chi connectivity index (χ4v) is 4.60. The second kappa shape index (κ2) is 8.67. The lowest BCUT2D eigenvalue weighted by Gasteiger charge is -2.38. The molecule has 0 unspecified atom stereocenters. The molecule has 1 heterocycles. The fourth-order valence-electron chi connectivity index (χ4n) is 4.60. The lowest BCUT2D eigenvalue weighted by molar-refractivity contribution is 0.112. The number of imidazole rings is 1. The van der Waals surface area contributed by atoms with E-state index in [1.54, 1.807) is 24.7 Å². The third-order valence-corrected chi connectivity index (χ3v) is 6.02. The largest absolute Gasteiger partial charge is 0.312 e. The molecule has 5 aromatic rings. The van der Waals surface area contributed by atoms with Gasteiger partial charge in [0.1, 0.15) is 11.4 Å². The molecule has 3 nitrogen and oxygen atoms in total. The fraction of sp³-hybridized carbons (Fsp3) is 0.0345. The first kappa shape index (κ1) is 20.6. The zero-order chi connectivity index (χ0) is 22.7. The highest BCUT2D eigenvalue weighted by Gasteiger charge is 2.40. The first-order valence-corrected chi connectivity index (χ1v) is 10.7. The molecule has 33 heavy (non-hydrogen) atoms. The van der Waals surface area contributed by atoms with Crippen molar-refractivity contribution < 1.29 is 9.18 Å². The van der Waals surface area contributed by atoms with Crippen molar-refractivity contribution in [1.82, 2.24) is 9.55 Å². The maximum Gasteiger partial charge on any atom is 0.153 e. The molecule has 4 aromatic carbocycles. The van der Waals surface area contributed by atoms with E-state index in [4.69, 9.17) is 0 Å². The molecule has 0 bridgehead atoms.